The molecule has 5 nitrogen and oxygen atoms in total. The Kier molecular flexibility index (Phi) is 4.83. The summed E-state index contributed by atoms with van der Waals surface area (Å²) in [5.74, 6) is -0.419. The molecule has 0 aromatic heterocycles. The normalized spacial score (nSPS) is 18.7. The van der Waals surface area contributed by atoms with Crippen LogP contribution in [0.2, 0.25) is 0 Å². The van der Waals surface area contributed by atoms with Gasteiger partial charge in [0.25, 0.3) is 0 Å². The van der Waals surface area contributed by atoms with Crippen molar-refractivity contribution in [3.8, 4) is 0 Å². The van der Waals surface area contributed by atoms with Crippen LogP contribution in [0.15, 0.2) is 17.3 Å². The molecule has 0 spiro atoms. The van der Waals surface area contributed by atoms with Gasteiger partial charge in [0, 0.05) is 6.08 Å². The first-order valence-corrected chi connectivity index (χ1v) is 4.91. The lowest BCUT2D eigenvalue weighted by molar-refractivity contribution is -0.131. The van der Waals surface area contributed by atoms with Gasteiger partial charge in [0.2, 0.25) is 0 Å². The lowest BCUT2D eigenvalue weighted by Gasteiger charge is -2.13. The van der Waals surface area contributed by atoms with Gasteiger partial charge >= 0.3 is 5.97 Å². The Morgan fingerprint density at radius 2 is 2.33 bits per heavy atom. The van der Waals surface area contributed by atoms with Gasteiger partial charge in [-0.05, 0) is 25.2 Å². The summed E-state index contributed by atoms with van der Waals surface area (Å²) in [6.07, 6.45) is 6.88. The second-order valence-corrected chi connectivity index (χ2v) is 3.48. The number of carboxylic acids is 1. The highest BCUT2D eigenvalue weighted by molar-refractivity contribution is 5.79. The number of aliphatic carboxylic acids is 1. The fourth-order valence-electron chi connectivity index (χ4n) is 1.37. The predicted octanol–water partition coefficient (Wildman–Crippen LogP) is 1.27. The van der Waals surface area contributed by atoms with Gasteiger partial charge in [-0.25, -0.2) is 4.79 Å². The molecule has 1 saturated carbocycles. The number of oxime groups is 1. The van der Waals surface area contributed by atoms with Gasteiger partial charge in [-0.2, -0.15) is 0 Å². The van der Waals surface area contributed by atoms with E-state index in [4.69, 9.17) is 15.1 Å². The molecule has 0 amide bonds. The fraction of sp³-hybridized carbons (Fsp3) is 0.600. The van der Waals surface area contributed by atoms with Gasteiger partial charge < -0.3 is 15.1 Å². The van der Waals surface area contributed by atoms with E-state index < -0.39 is 5.97 Å². The Bertz CT molecular complexity index is 258. The van der Waals surface area contributed by atoms with Gasteiger partial charge in [0.05, 0.1) is 18.9 Å². The molecular weight excluding hydrogens is 198 g/mol. The summed E-state index contributed by atoms with van der Waals surface area (Å²) in [7, 11) is 0. The van der Waals surface area contributed by atoms with Crippen LogP contribution >= 0.6 is 0 Å². The molecule has 5 heteroatoms. The largest absolute Gasteiger partial charge is 0.478 e. The topological polar surface area (TPSA) is 79.1 Å². The van der Waals surface area contributed by atoms with E-state index >= 15 is 0 Å². The zero-order valence-electron chi connectivity index (χ0n) is 8.37. The second kappa shape index (κ2) is 6.19. The molecule has 1 fully saturated rings. The van der Waals surface area contributed by atoms with E-state index in [0.717, 1.165) is 18.9 Å². The molecule has 1 aliphatic rings. The van der Waals surface area contributed by atoms with Crippen molar-refractivity contribution < 1.29 is 19.8 Å². The number of ether oxygens (including phenoxy) is 1. The first-order chi connectivity index (χ1) is 7.24. The number of carbonyl (C=O) groups is 1. The second-order valence-electron chi connectivity index (χ2n) is 3.48. The minimum absolute atomic E-state index is 0.0404. The highest BCUT2D eigenvalue weighted by atomic mass is 16.5. The molecule has 1 rings (SSSR count). The zero-order valence-corrected chi connectivity index (χ0v) is 8.37. The first-order valence-electron chi connectivity index (χ1n) is 4.91. The van der Waals surface area contributed by atoms with E-state index in [1.54, 1.807) is 6.08 Å². The highest BCUT2D eigenvalue weighted by Crippen LogP contribution is 2.35. The van der Waals surface area contributed by atoms with Crippen molar-refractivity contribution in [2.75, 3.05) is 6.61 Å². The molecular formula is C10H15NO4. The van der Waals surface area contributed by atoms with Gasteiger partial charge in [-0.1, -0.05) is 11.2 Å². The quantitative estimate of drug-likeness (QED) is 0.289. The van der Waals surface area contributed by atoms with Crippen LogP contribution in [0.4, 0.5) is 0 Å². The van der Waals surface area contributed by atoms with Crippen molar-refractivity contribution in [2.45, 2.75) is 25.4 Å². The third-order valence-electron chi connectivity index (χ3n) is 2.24. The SMILES string of the molecule is O=C(O)/C=C/CC(OCC=NO)C1CC1. The molecule has 2 N–H and O–H groups in total. The molecule has 84 valence electrons. The fourth-order valence-corrected chi connectivity index (χ4v) is 1.37. The van der Waals surface area contributed by atoms with Crippen LogP contribution in [0.5, 0.6) is 0 Å². The molecule has 0 bridgehead atoms. The van der Waals surface area contributed by atoms with E-state index in [2.05, 4.69) is 5.16 Å². The number of hydrogen-bond donors (Lipinski definition) is 2. The lowest BCUT2D eigenvalue weighted by atomic mass is 10.1. The lowest BCUT2D eigenvalue weighted by Crippen LogP contribution is -2.16. The molecule has 0 saturated heterocycles. The summed E-state index contributed by atoms with van der Waals surface area (Å²) in [6, 6.07) is 0. The molecule has 15 heavy (non-hydrogen) atoms. The van der Waals surface area contributed by atoms with Gasteiger partial charge in [0.1, 0.15) is 0 Å². The minimum Gasteiger partial charge on any atom is -0.478 e. The Morgan fingerprint density at radius 3 is 2.87 bits per heavy atom. The molecule has 0 heterocycles. The number of hydrogen-bond acceptors (Lipinski definition) is 4. The van der Waals surface area contributed by atoms with Crippen LogP contribution in [0.1, 0.15) is 19.3 Å². The average molecular weight is 213 g/mol. The van der Waals surface area contributed by atoms with Crippen molar-refractivity contribution in [1.29, 1.82) is 0 Å². The van der Waals surface area contributed by atoms with Crippen LogP contribution in [0.3, 0.4) is 0 Å². The van der Waals surface area contributed by atoms with Crippen LogP contribution in [-0.2, 0) is 9.53 Å². The standard InChI is InChI=1S/C10H15NO4/c12-10(13)3-1-2-9(8-4-5-8)15-7-6-11-14/h1,3,6,8-9,14H,2,4-5,7H2,(H,12,13)/b3-1+,11-6?. The summed E-state index contributed by atoms with van der Waals surface area (Å²) >= 11 is 0. The van der Waals surface area contributed by atoms with Gasteiger partial charge in [0.15, 0.2) is 0 Å². The van der Waals surface area contributed by atoms with Crippen molar-refractivity contribution in [3.63, 3.8) is 0 Å². The summed E-state index contributed by atoms with van der Waals surface area (Å²) in [6.45, 7) is 0.262. The highest BCUT2D eigenvalue weighted by Gasteiger charge is 2.30. The zero-order chi connectivity index (χ0) is 11.1. The monoisotopic (exact) mass is 213 g/mol. The third kappa shape index (κ3) is 5.17. The molecule has 1 aliphatic carbocycles. The maximum Gasteiger partial charge on any atom is 0.327 e. The first kappa shape index (κ1) is 11.7. The van der Waals surface area contributed by atoms with Crippen LogP contribution in [0, 0.1) is 5.92 Å². The summed E-state index contributed by atoms with van der Waals surface area (Å²) < 4.78 is 5.43. The number of carboxylic acid groups (broad SMARTS) is 1. The Morgan fingerprint density at radius 1 is 1.60 bits per heavy atom. The van der Waals surface area contributed by atoms with Gasteiger partial charge in [-0.15, -0.1) is 0 Å². The predicted molar refractivity (Wildman–Crippen MR) is 54.1 cm³/mol. The van der Waals surface area contributed by atoms with Crippen LogP contribution in [-0.4, -0.2) is 35.2 Å². The summed E-state index contributed by atoms with van der Waals surface area (Å²) in [5, 5.41) is 19.4. The van der Waals surface area contributed by atoms with Crippen LogP contribution < -0.4 is 0 Å². The smallest absolute Gasteiger partial charge is 0.327 e. The molecule has 0 aliphatic heterocycles. The van der Waals surface area contributed by atoms with Crippen molar-refractivity contribution in [3.05, 3.63) is 12.2 Å². The molecule has 0 aromatic rings. The Balaban J connectivity index is 2.27. The molecule has 1 atom stereocenters. The maximum absolute atomic E-state index is 10.2. The minimum atomic E-state index is -0.943. The summed E-state index contributed by atoms with van der Waals surface area (Å²) in [5.41, 5.74) is 0. The van der Waals surface area contributed by atoms with E-state index in [-0.39, 0.29) is 12.7 Å². The van der Waals surface area contributed by atoms with Crippen molar-refractivity contribution in [1.82, 2.24) is 0 Å². The van der Waals surface area contributed by atoms with E-state index in [0.29, 0.717) is 12.3 Å². The maximum atomic E-state index is 10.2. The molecule has 0 radical (unpaired) electrons. The van der Waals surface area contributed by atoms with Gasteiger partial charge in [-0.3, -0.25) is 0 Å². The van der Waals surface area contributed by atoms with E-state index in [1.807, 2.05) is 0 Å². The molecule has 0 aromatic carbocycles. The van der Waals surface area contributed by atoms with E-state index in [1.165, 1.54) is 6.21 Å². The summed E-state index contributed by atoms with van der Waals surface area (Å²) in [4.78, 5) is 10.2. The molecule has 1 unspecified atom stereocenters. The van der Waals surface area contributed by atoms with Crippen LogP contribution in [0.25, 0.3) is 0 Å². The van der Waals surface area contributed by atoms with Crippen molar-refractivity contribution >= 4 is 12.2 Å². The van der Waals surface area contributed by atoms with E-state index in [9.17, 15) is 4.79 Å². The average Bonchev–Trinajstić information content (AvgIpc) is 2.98. The Labute approximate surface area is 88.0 Å². The Hall–Kier alpha value is -1.36. The van der Waals surface area contributed by atoms with Crippen molar-refractivity contribution in [2.24, 2.45) is 11.1 Å². The number of rotatable bonds is 7. The third-order valence-corrected chi connectivity index (χ3v) is 2.24. The number of nitrogens with zero attached hydrogens (tertiary/aromatic N) is 1.